The molecule has 0 radical (unpaired) electrons. The minimum atomic E-state index is -0.698. The molecule has 0 bridgehead atoms. The lowest BCUT2D eigenvalue weighted by Crippen LogP contribution is -2.47. The van der Waals surface area contributed by atoms with Crippen molar-refractivity contribution in [1.82, 2.24) is 19.6 Å². The van der Waals surface area contributed by atoms with Crippen LogP contribution in [0.5, 0.6) is 0 Å². The van der Waals surface area contributed by atoms with Crippen molar-refractivity contribution in [3.05, 3.63) is 52.8 Å². The summed E-state index contributed by atoms with van der Waals surface area (Å²) in [5.74, 6) is 0.414. The molecule has 1 aromatic heterocycles. The van der Waals surface area contributed by atoms with E-state index in [0.717, 1.165) is 45.4 Å². The van der Waals surface area contributed by atoms with Gasteiger partial charge in [0, 0.05) is 30.2 Å². The zero-order chi connectivity index (χ0) is 26.3. The molecule has 1 aliphatic carbocycles. The van der Waals surface area contributed by atoms with E-state index < -0.39 is 12.0 Å². The highest BCUT2D eigenvalue weighted by molar-refractivity contribution is 5.73. The minimum Gasteiger partial charge on any atom is -0.480 e. The summed E-state index contributed by atoms with van der Waals surface area (Å²) < 4.78 is 2.28. The number of carboxylic acids is 1. The van der Waals surface area contributed by atoms with Crippen LogP contribution in [0.4, 0.5) is 0 Å². The van der Waals surface area contributed by atoms with Gasteiger partial charge in [-0.1, -0.05) is 50.6 Å². The highest BCUT2D eigenvalue weighted by Crippen LogP contribution is 2.46. The molecular weight excluding hydrogens is 460 g/mol. The van der Waals surface area contributed by atoms with E-state index in [4.69, 9.17) is 5.10 Å². The molecule has 202 valence electrons. The molecule has 1 saturated heterocycles. The standard InChI is InChI=1S/C31H46N4O2/c1-6-25-18-28-31(12-15-35(28)32-25)10-13-34(14-11-31)20-24-17-26(33(5)29(21(2)3)30(36)37)19-27(24)23-9-7-8-22(4)16-23/h7-9,16,18,21,24,26-27,29H,6,10-15,17,19-20H2,1-5H3,(H,36,37)/t24-,26+,27-,29-/m1/s1. The summed E-state index contributed by atoms with van der Waals surface area (Å²) in [6.45, 7) is 12.9. The number of rotatable bonds is 8. The molecule has 1 spiro atoms. The largest absolute Gasteiger partial charge is 0.480 e. The second-order valence-corrected chi connectivity index (χ2v) is 12.5. The number of hydrogen-bond acceptors (Lipinski definition) is 4. The average molecular weight is 507 g/mol. The lowest BCUT2D eigenvalue weighted by atomic mass is 9.74. The van der Waals surface area contributed by atoms with Gasteiger partial charge in [-0.15, -0.1) is 0 Å². The highest BCUT2D eigenvalue weighted by Gasteiger charge is 2.45. The Bertz CT molecular complexity index is 1100. The summed E-state index contributed by atoms with van der Waals surface area (Å²) in [6.07, 6.45) is 6.81. The van der Waals surface area contributed by atoms with Gasteiger partial charge in [0.15, 0.2) is 0 Å². The number of fused-ring (bicyclic) bond motifs is 2. The molecule has 2 aliphatic heterocycles. The summed E-state index contributed by atoms with van der Waals surface area (Å²) in [4.78, 5) is 17.0. The van der Waals surface area contributed by atoms with E-state index in [1.807, 2.05) is 20.9 Å². The second-order valence-electron chi connectivity index (χ2n) is 12.5. The molecule has 3 aliphatic rings. The number of nitrogens with zero attached hydrogens (tertiary/aromatic N) is 4. The molecule has 2 fully saturated rings. The number of aliphatic carboxylic acids is 1. The molecule has 1 N–H and O–H groups in total. The van der Waals surface area contributed by atoms with E-state index in [1.54, 1.807) is 0 Å². The van der Waals surface area contributed by atoms with Gasteiger partial charge in [-0.05, 0) is 95.0 Å². The molecule has 4 atom stereocenters. The Morgan fingerprint density at radius 3 is 2.54 bits per heavy atom. The Morgan fingerprint density at radius 1 is 1.16 bits per heavy atom. The molecule has 6 heteroatoms. The number of hydrogen-bond donors (Lipinski definition) is 1. The quantitative estimate of drug-likeness (QED) is 0.540. The topological polar surface area (TPSA) is 61.6 Å². The van der Waals surface area contributed by atoms with Gasteiger partial charge in [0.2, 0.25) is 0 Å². The summed E-state index contributed by atoms with van der Waals surface area (Å²) in [6, 6.07) is 11.3. The van der Waals surface area contributed by atoms with Gasteiger partial charge in [-0.25, -0.2) is 0 Å². The van der Waals surface area contributed by atoms with Crippen LogP contribution in [0.3, 0.4) is 0 Å². The molecule has 3 heterocycles. The van der Waals surface area contributed by atoms with E-state index in [9.17, 15) is 9.90 Å². The lowest BCUT2D eigenvalue weighted by Gasteiger charge is -2.40. The van der Waals surface area contributed by atoms with Crippen molar-refractivity contribution in [1.29, 1.82) is 0 Å². The third kappa shape index (κ3) is 5.12. The summed E-state index contributed by atoms with van der Waals surface area (Å²) in [5.41, 5.74) is 5.77. The first-order chi connectivity index (χ1) is 17.7. The zero-order valence-corrected chi connectivity index (χ0v) is 23.5. The van der Waals surface area contributed by atoms with Crippen LogP contribution in [0.1, 0.15) is 81.3 Å². The lowest BCUT2D eigenvalue weighted by molar-refractivity contribution is -0.145. The van der Waals surface area contributed by atoms with Crippen molar-refractivity contribution in [2.24, 2.45) is 11.8 Å². The highest BCUT2D eigenvalue weighted by atomic mass is 16.4. The third-order valence-electron chi connectivity index (χ3n) is 9.88. The predicted molar refractivity (Wildman–Crippen MR) is 148 cm³/mol. The first-order valence-electron chi connectivity index (χ1n) is 14.5. The van der Waals surface area contributed by atoms with Gasteiger partial charge in [0.25, 0.3) is 0 Å². The zero-order valence-electron chi connectivity index (χ0n) is 23.5. The Balaban J connectivity index is 1.30. The SMILES string of the molecule is CCc1cc2n(n1)CCC21CCN(C[C@H]2C[C@H](N(C)[C@@H](C(=O)O)C(C)C)C[C@@H]2c2cccc(C)c2)CC1. The maximum absolute atomic E-state index is 12.1. The number of carboxylic acid groups (broad SMARTS) is 1. The molecule has 1 saturated carbocycles. The molecule has 0 unspecified atom stereocenters. The van der Waals surface area contributed by atoms with Crippen molar-refractivity contribution in [2.75, 3.05) is 26.7 Å². The molecule has 0 amide bonds. The number of piperidine rings is 1. The maximum Gasteiger partial charge on any atom is 0.321 e. The van der Waals surface area contributed by atoms with Gasteiger partial charge in [-0.3, -0.25) is 14.4 Å². The molecule has 37 heavy (non-hydrogen) atoms. The number of aromatic nitrogens is 2. The van der Waals surface area contributed by atoms with E-state index in [0.29, 0.717) is 23.3 Å². The van der Waals surface area contributed by atoms with Gasteiger partial charge in [0.05, 0.1) is 5.69 Å². The number of aryl methyl sites for hydroxylation is 3. The van der Waals surface area contributed by atoms with Crippen LogP contribution >= 0.6 is 0 Å². The van der Waals surface area contributed by atoms with Crippen molar-refractivity contribution in [3.63, 3.8) is 0 Å². The van der Waals surface area contributed by atoms with Crippen LogP contribution < -0.4 is 0 Å². The first-order valence-corrected chi connectivity index (χ1v) is 14.5. The van der Waals surface area contributed by atoms with Gasteiger partial charge in [0.1, 0.15) is 6.04 Å². The average Bonchev–Trinajstić information content (AvgIpc) is 3.55. The smallest absolute Gasteiger partial charge is 0.321 e. The normalized spacial score (nSPS) is 26.3. The Morgan fingerprint density at radius 2 is 1.89 bits per heavy atom. The van der Waals surface area contributed by atoms with Crippen LogP contribution in [0.15, 0.2) is 30.3 Å². The molecule has 2 aromatic rings. The Kier molecular flexibility index (Phi) is 7.52. The Hall–Kier alpha value is -2.18. The maximum atomic E-state index is 12.1. The fourth-order valence-corrected chi connectivity index (χ4v) is 7.79. The fourth-order valence-electron chi connectivity index (χ4n) is 7.79. The van der Waals surface area contributed by atoms with Crippen molar-refractivity contribution < 1.29 is 9.90 Å². The minimum absolute atomic E-state index is 0.0883. The number of likely N-dealkylation sites (N-methyl/N-ethyl adjacent to an activating group) is 1. The summed E-state index contributed by atoms with van der Waals surface area (Å²) >= 11 is 0. The second kappa shape index (κ2) is 10.5. The predicted octanol–water partition coefficient (Wildman–Crippen LogP) is 5.09. The van der Waals surface area contributed by atoms with E-state index in [2.05, 4.69) is 58.7 Å². The van der Waals surface area contributed by atoms with Crippen LogP contribution in [-0.2, 0) is 23.2 Å². The van der Waals surface area contributed by atoms with Crippen LogP contribution in [0.25, 0.3) is 0 Å². The Labute approximate surface area is 223 Å². The van der Waals surface area contributed by atoms with Crippen LogP contribution in [0.2, 0.25) is 0 Å². The molecule has 6 nitrogen and oxygen atoms in total. The molecular formula is C31H46N4O2. The fraction of sp³-hybridized carbons (Fsp3) is 0.677. The summed E-state index contributed by atoms with van der Waals surface area (Å²) in [5, 5.41) is 14.8. The number of benzene rings is 1. The summed E-state index contributed by atoms with van der Waals surface area (Å²) in [7, 11) is 2.04. The third-order valence-corrected chi connectivity index (χ3v) is 9.88. The van der Waals surface area contributed by atoms with Crippen molar-refractivity contribution in [3.8, 4) is 0 Å². The van der Waals surface area contributed by atoms with Crippen molar-refractivity contribution in [2.45, 2.75) is 96.2 Å². The van der Waals surface area contributed by atoms with Gasteiger partial charge < -0.3 is 10.0 Å². The monoisotopic (exact) mass is 506 g/mol. The van der Waals surface area contributed by atoms with Gasteiger partial charge in [-0.2, -0.15) is 5.10 Å². The van der Waals surface area contributed by atoms with Crippen LogP contribution in [0, 0.1) is 18.8 Å². The number of likely N-dealkylation sites (tertiary alicyclic amines) is 1. The van der Waals surface area contributed by atoms with Crippen molar-refractivity contribution >= 4 is 5.97 Å². The molecule has 5 rings (SSSR count). The van der Waals surface area contributed by atoms with Crippen LogP contribution in [-0.4, -0.2) is 69.4 Å². The molecule has 1 aromatic carbocycles. The first kappa shape index (κ1) is 26.4. The van der Waals surface area contributed by atoms with Gasteiger partial charge >= 0.3 is 5.97 Å². The van der Waals surface area contributed by atoms with E-state index in [1.165, 1.54) is 41.8 Å². The number of carbonyl (C=O) groups is 1. The van der Waals surface area contributed by atoms with E-state index >= 15 is 0 Å². The van der Waals surface area contributed by atoms with E-state index in [-0.39, 0.29) is 5.92 Å².